The van der Waals surface area contributed by atoms with Gasteiger partial charge in [0.05, 0.1) is 11.3 Å². The lowest BCUT2D eigenvalue weighted by Gasteiger charge is -2.24. The maximum Gasteiger partial charge on any atom is 0.253 e. The number of amides is 1. The Morgan fingerprint density at radius 1 is 1.15 bits per heavy atom. The molecule has 0 aromatic heterocycles. The molecular formula is C16H15BrN2O. The second-order valence-corrected chi connectivity index (χ2v) is 5.74. The summed E-state index contributed by atoms with van der Waals surface area (Å²) in [5, 5.41) is 2.94. The molecule has 1 N–H and O–H groups in total. The number of carbonyl (C=O) groups excluding carboxylic acids is 1. The van der Waals surface area contributed by atoms with Crippen LogP contribution in [-0.4, -0.2) is 19.0 Å². The van der Waals surface area contributed by atoms with Crippen LogP contribution >= 0.6 is 15.9 Å². The van der Waals surface area contributed by atoms with E-state index in [0.717, 1.165) is 28.8 Å². The van der Waals surface area contributed by atoms with Crippen LogP contribution in [0.25, 0.3) is 0 Å². The van der Waals surface area contributed by atoms with Gasteiger partial charge >= 0.3 is 0 Å². The molecule has 0 atom stereocenters. The summed E-state index contributed by atoms with van der Waals surface area (Å²) in [5.41, 5.74) is 2.97. The summed E-state index contributed by atoms with van der Waals surface area (Å²) < 4.78 is 0.990. The van der Waals surface area contributed by atoms with Crippen molar-refractivity contribution in [2.75, 3.05) is 18.0 Å². The molecule has 0 saturated heterocycles. The molecule has 3 nitrogen and oxygen atoms in total. The van der Waals surface area contributed by atoms with E-state index in [-0.39, 0.29) is 5.91 Å². The summed E-state index contributed by atoms with van der Waals surface area (Å²) in [7, 11) is 0. The second-order valence-electron chi connectivity index (χ2n) is 4.82. The van der Waals surface area contributed by atoms with Crippen molar-refractivity contribution in [3.05, 3.63) is 64.1 Å². The van der Waals surface area contributed by atoms with E-state index < -0.39 is 0 Å². The summed E-state index contributed by atoms with van der Waals surface area (Å²) in [5.74, 6) is 0.00283. The molecular weight excluding hydrogens is 316 g/mol. The fraction of sp³-hybridized carbons (Fsp3) is 0.188. The summed E-state index contributed by atoms with van der Waals surface area (Å²) in [6, 6.07) is 16.1. The molecule has 0 spiro atoms. The number of hydrogen-bond donors (Lipinski definition) is 1. The third kappa shape index (κ3) is 2.70. The van der Waals surface area contributed by atoms with Crippen molar-refractivity contribution in [3.8, 4) is 0 Å². The van der Waals surface area contributed by atoms with E-state index in [0.29, 0.717) is 6.54 Å². The predicted molar refractivity (Wildman–Crippen MR) is 84.0 cm³/mol. The average molecular weight is 331 g/mol. The second kappa shape index (κ2) is 5.67. The molecule has 102 valence electrons. The molecule has 0 saturated carbocycles. The van der Waals surface area contributed by atoms with Crippen LogP contribution in [0.1, 0.15) is 15.9 Å². The third-order valence-electron chi connectivity index (χ3n) is 3.43. The van der Waals surface area contributed by atoms with Crippen molar-refractivity contribution in [3.63, 3.8) is 0 Å². The number of nitrogens with one attached hydrogen (secondary N) is 1. The molecule has 0 unspecified atom stereocenters. The smallest absolute Gasteiger partial charge is 0.253 e. The summed E-state index contributed by atoms with van der Waals surface area (Å²) >= 11 is 3.49. The topological polar surface area (TPSA) is 32.3 Å². The normalized spacial score (nSPS) is 14.4. The molecule has 1 heterocycles. The molecule has 1 aliphatic heterocycles. The first-order chi connectivity index (χ1) is 9.74. The summed E-state index contributed by atoms with van der Waals surface area (Å²) in [6.45, 7) is 2.28. The van der Waals surface area contributed by atoms with Crippen LogP contribution < -0.4 is 10.2 Å². The predicted octanol–water partition coefficient (Wildman–Crippen LogP) is 3.20. The Morgan fingerprint density at radius 3 is 2.75 bits per heavy atom. The van der Waals surface area contributed by atoms with Crippen molar-refractivity contribution >= 4 is 27.5 Å². The quantitative estimate of drug-likeness (QED) is 0.917. The molecule has 3 rings (SSSR count). The van der Waals surface area contributed by atoms with Crippen LogP contribution in [0.15, 0.2) is 53.0 Å². The average Bonchev–Trinajstić information content (AvgIpc) is 2.60. The Hall–Kier alpha value is -1.81. The van der Waals surface area contributed by atoms with Gasteiger partial charge < -0.3 is 10.2 Å². The Morgan fingerprint density at radius 2 is 1.95 bits per heavy atom. The first-order valence-corrected chi connectivity index (χ1v) is 7.40. The van der Waals surface area contributed by atoms with Gasteiger partial charge in [-0.2, -0.15) is 0 Å². The van der Waals surface area contributed by atoms with Gasteiger partial charge in [-0.05, 0) is 23.8 Å². The van der Waals surface area contributed by atoms with Crippen LogP contribution in [-0.2, 0) is 6.54 Å². The van der Waals surface area contributed by atoms with Crippen molar-refractivity contribution < 1.29 is 4.79 Å². The SMILES string of the molecule is O=C1NCCN(Cc2ccccc2)c2cc(Br)ccc21. The maximum absolute atomic E-state index is 12.1. The van der Waals surface area contributed by atoms with Crippen molar-refractivity contribution in [1.82, 2.24) is 5.32 Å². The van der Waals surface area contributed by atoms with Crippen molar-refractivity contribution in [2.24, 2.45) is 0 Å². The summed E-state index contributed by atoms with van der Waals surface area (Å²) in [6.07, 6.45) is 0. The standard InChI is InChI=1S/C16H15BrN2O/c17-13-6-7-14-15(10-13)19(9-8-18-16(14)20)11-12-4-2-1-3-5-12/h1-7,10H,8-9,11H2,(H,18,20). The van der Waals surface area contributed by atoms with Gasteiger partial charge in [0.15, 0.2) is 0 Å². The van der Waals surface area contributed by atoms with Crippen LogP contribution in [0.2, 0.25) is 0 Å². The highest BCUT2D eigenvalue weighted by Gasteiger charge is 2.20. The number of benzene rings is 2. The molecule has 2 aromatic carbocycles. The summed E-state index contributed by atoms with van der Waals surface area (Å²) in [4.78, 5) is 14.3. The van der Waals surface area contributed by atoms with Crippen LogP contribution in [0.3, 0.4) is 0 Å². The van der Waals surface area contributed by atoms with E-state index in [4.69, 9.17) is 0 Å². The number of hydrogen-bond acceptors (Lipinski definition) is 2. The maximum atomic E-state index is 12.1. The van der Waals surface area contributed by atoms with Crippen molar-refractivity contribution in [1.29, 1.82) is 0 Å². The molecule has 1 amide bonds. The van der Waals surface area contributed by atoms with Gasteiger partial charge in [0, 0.05) is 24.1 Å². The molecule has 0 bridgehead atoms. The number of anilines is 1. The Labute approximate surface area is 126 Å². The fourth-order valence-electron chi connectivity index (χ4n) is 2.45. The Kier molecular flexibility index (Phi) is 3.74. The zero-order valence-electron chi connectivity index (χ0n) is 11.0. The molecule has 20 heavy (non-hydrogen) atoms. The largest absolute Gasteiger partial charge is 0.365 e. The van der Waals surface area contributed by atoms with Crippen LogP contribution in [0.5, 0.6) is 0 Å². The minimum atomic E-state index is 0.00283. The lowest BCUT2D eigenvalue weighted by Crippen LogP contribution is -2.29. The fourth-order valence-corrected chi connectivity index (χ4v) is 2.80. The monoisotopic (exact) mass is 330 g/mol. The van der Waals surface area contributed by atoms with Gasteiger partial charge in [0.1, 0.15) is 0 Å². The molecule has 0 fully saturated rings. The van der Waals surface area contributed by atoms with E-state index in [2.05, 4.69) is 38.3 Å². The highest BCUT2D eigenvalue weighted by atomic mass is 79.9. The molecule has 0 radical (unpaired) electrons. The zero-order valence-corrected chi connectivity index (χ0v) is 12.6. The van der Waals surface area contributed by atoms with E-state index in [9.17, 15) is 4.79 Å². The van der Waals surface area contributed by atoms with Gasteiger partial charge in [-0.3, -0.25) is 4.79 Å². The van der Waals surface area contributed by atoms with Gasteiger partial charge in [-0.15, -0.1) is 0 Å². The van der Waals surface area contributed by atoms with Gasteiger partial charge in [0.2, 0.25) is 0 Å². The minimum Gasteiger partial charge on any atom is -0.365 e. The van der Waals surface area contributed by atoms with E-state index in [1.807, 2.05) is 36.4 Å². The van der Waals surface area contributed by atoms with E-state index >= 15 is 0 Å². The zero-order chi connectivity index (χ0) is 13.9. The number of nitrogens with zero attached hydrogens (tertiary/aromatic N) is 1. The minimum absolute atomic E-state index is 0.00283. The number of carbonyl (C=O) groups is 1. The highest BCUT2D eigenvalue weighted by Crippen LogP contribution is 2.27. The molecule has 0 aliphatic carbocycles. The van der Waals surface area contributed by atoms with Gasteiger partial charge in [0.25, 0.3) is 5.91 Å². The Bertz CT molecular complexity index is 628. The lowest BCUT2D eigenvalue weighted by molar-refractivity contribution is 0.0958. The van der Waals surface area contributed by atoms with E-state index in [1.165, 1.54) is 5.56 Å². The van der Waals surface area contributed by atoms with E-state index in [1.54, 1.807) is 0 Å². The molecule has 2 aromatic rings. The van der Waals surface area contributed by atoms with Crippen molar-refractivity contribution in [2.45, 2.75) is 6.54 Å². The number of halogens is 1. The van der Waals surface area contributed by atoms with Gasteiger partial charge in [-0.25, -0.2) is 0 Å². The van der Waals surface area contributed by atoms with Crippen LogP contribution in [0, 0.1) is 0 Å². The lowest BCUT2D eigenvalue weighted by atomic mass is 10.1. The van der Waals surface area contributed by atoms with Crippen LogP contribution in [0.4, 0.5) is 5.69 Å². The third-order valence-corrected chi connectivity index (χ3v) is 3.92. The number of fused-ring (bicyclic) bond motifs is 1. The Balaban J connectivity index is 1.97. The molecule has 1 aliphatic rings. The molecule has 4 heteroatoms. The first kappa shape index (κ1) is 13.2. The number of rotatable bonds is 2. The first-order valence-electron chi connectivity index (χ1n) is 6.60. The van der Waals surface area contributed by atoms with Gasteiger partial charge in [-0.1, -0.05) is 46.3 Å². The highest BCUT2D eigenvalue weighted by molar-refractivity contribution is 9.10.